The number of hydrogen-bond acceptors (Lipinski definition) is 2. The monoisotopic (exact) mass is 285 g/mol. The number of nitrogens with zero attached hydrogens (tertiary/aromatic N) is 1. The number of amides is 1. The van der Waals surface area contributed by atoms with E-state index < -0.39 is 17.8 Å². The molecule has 1 aromatic carbocycles. The van der Waals surface area contributed by atoms with Crippen LogP contribution in [0.1, 0.15) is 5.56 Å². The minimum atomic E-state index is -1.14. The highest BCUT2D eigenvalue weighted by atomic mass is 35.5. The van der Waals surface area contributed by atoms with Gasteiger partial charge in [-0.1, -0.05) is 29.3 Å². The van der Waals surface area contributed by atoms with E-state index in [9.17, 15) is 9.59 Å². The van der Waals surface area contributed by atoms with Gasteiger partial charge in [0.15, 0.2) is 5.81 Å². The maximum absolute atomic E-state index is 11.1. The third-order valence-corrected chi connectivity index (χ3v) is 3.25. The summed E-state index contributed by atoms with van der Waals surface area (Å²) in [5.74, 6) is -1.94. The Morgan fingerprint density at radius 1 is 1.39 bits per heavy atom. The number of benzene rings is 1. The molecule has 0 saturated carbocycles. The molecule has 0 aliphatic rings. The molecule has 1 amide bonds. The molecule has 0 bridgehead atoms. The highest BCUT2D eigenvalue weighted by Crippen LogP contribution is 2.23. The standard InChI is InChI=1S/C11H10BCl2NO3/c1-15(11(12)18)9(10(16)17)5-6-2-3-7(13)8(14)4-6/h2-4,9H,5H2,1H3,(H,16,17)/t9-/m1/s1. The molecule has 0 saturated heterocycles. The van der Waals surface area contributed by atoms with Crippen LogP contribution in [-0.2, 0) is 11.2 Å². The van der Waals surface area contributed by atoms with Crippen LogP contribution in [0.4, 0.5) is 4.79 Å². The molecule has 7 heteroatoms. The smallest absolute Gasteiger partial charge is 0.326 e. The number of carboxylic acids is 1. The Kier molecular flexibility index (Phi) is 5.05. The third kappa shape index (κ3) is 3.65. The van der Waals surface area contributed by atoms with Crippen molar-refractivity contribution >= 4 is 42.8 Å². The fourth-order valence-corrected chi connectivity index (χ4v) is 1.75. The predicted molar refractivity (Wildman–Crippen MR) is 70.5 cm³/mol. The van der Waals surface area contributed by atoms with Crippen molar-refractivity contribution in [3.8, 4) is 0 Å². The maximum atomic E-state index is 11.1. The van der Waals surface area contributed by atoms with E-state index in [0.29, 0.717) is 15.6 Å². The molecule has 94 valence electrons. The minimum absolute atomic E-state index is 0.103. The number of rotatable bonds is 4. The molecule has 1 N–H and O–H groups in total. The summed E-state index contributed by atoms with van der Waals surface area (Å²) in [4.78, 5) is 23.1. The highest BCUT2D eigenvalue weighted by molar-refractivity contribution is 6.57. The fraction of sp³-hybridized carbons (Fsp3) is 0.273. The van der Waals surface area contributed by atoms with E-state index in [1.165, 1.54) is 7.05 Å². The van der Waals surface area contributed by atoms with Crippen molar-refractivity contribution in [1.29, 1.82) is 0 Å². The van der Waals surface area contributed by atoms with Gasteiger partial charge in [-0.25, -0.2) is 4.79 Å². The van der Waals surface area contributed by atoms with Gasteiger partial charge in [-0.15, -0.1) is 0 Å². The van der Waals surface area contributed by atoms with Crippen LogP contribution < -0.4 is 0 Å². The molecule has 0 aliphatic carbocycles. The average molecular weight is 286 g/mol. The zero-order chi connectivity index (χ0) is 13.9. The lowest BCUT2D eigenvalue weighted by Gasteiger charge is -2.24. The van der Waals surface area contributed by atoms with E-state index in [0.717, 1.165) is 4.90 Å². The number of carbonyl (C=O) groups is 2. The van der Waals surface area contributed by atoms with E-state index in [4.69, 9.17) is 36.2 Å². The Hall–Kier alpha value is -1.20. The van der Waals surface area contributed by atoms with Crippen LogP contribution in [-0.4, -0.2) is 42.7 Å². The highest BCUT2D eigenvalue weighted by Gasteiger charge is 2.24. The summed E-state index contributed by atoms with van der Waals surface area (Å²) in [7, 11) is 6.39. The van der Waals surface area contributed by atoms with Crippen LogP contribution in [0.5, 0.6) is 0 Å². The summed E-state index contributed by atoms with van der Waals surface area (Å²) >= 11 is 11.6. The van der Waals surface area contributed by atoms with Gasteiger partial charge in [0.1, 0.15) is 6.04 Å². The van der Waals surface area contributed by atoms with Gasteiger partial charge in [-0.3, -0.25) is 4.79 Å². The van der Waals surface area contributed by atoms with Crippen LogP contribution in [0.25, 0.3) is 0 Å². The lowest BCUT2D eigenvalue weighted by Crippen LogP contribution is -2.43. The van der Waals surface area contributed by atoms with Gasteiger partial charge in [0.25, 0.3) is 0 Å². The molecule has 2 radical (unpaired) electrons. The van der Waals surface area contributed by atoms with Crippen molar-refractivity contribution in [2.45, 2.75) is 12.5 Å². The first-order valence-corrected chi connectivity index (χ1v) is 5.77. The summed E-state index contributed by atoms with van der Waals surface area (Å²) in [6.07, 6.45) is 0.103. The second-order valence-corrected chi connectivity index (χ2v) is 4.57. The second kappa shape index (κ2) is 6.11. The van der Waals surface area contributed by atoms with Gasteiger partial charge in [-0.05, 0) is 17.7 Å². The van der Waals surface area contributed by atoms with Crippen LogP contribution in [0.2, 0.25) is 10.0 Å². The van der Waals surface area contributed by atoms with Crippen molar-refractivity contribution in [3.63, 3.8) is 0 Å². The molecule has 0 aromatic heterocycles. The summed E-state index contributed by atoms with van der Waals surface area (Å²) in [6.45, 7) is 0. The SMILES string of the molecule is [B]C(=O)N(C)[C@H](Cc1ccc(Cl)c(Cl)c1)C(=O)O. The van der Waals surface area contributed by atoms with Crippen molar-refractivity contribution in [2.24, 2.45) is 0 Å². The summed E-state index contributed by atoms with van der Waals surface area (Å²) in [5.41, 5.74) is 0.657. The average Bonchev–Trinajstić information content (AvgIpc) is 2.29. The number of aliphatic carboxylic acids is 1. The molecule has 0 spiro atoms. The van der Waals surface area contributed by atoms with Gasteiger partial charge in [0, 0.05) is 13.5 Å². The van der Waals surface area contributed by atoms with Gasteiger partial charge in [0.05, 0.1) is 10.0 Å². The Morgan fingerprint density at radius 3 is 2.44 bits per heavy atom. The van der Waals surface area contributed by atoms with Gasteiger partial charge >= 0.3 is 5.97 Å². The number of halogens is 2. The topological polar surface area (TPSA) is 57.6 Å². The van der Waals surface area contributed by atoms with Crippen molar-refractivity contribution < 1.29 is 14.7 Å². The molecule has 0 unspecified atom stereocenters. The van der Waals surface area contributed by atoms with Gasteiger partial charge in [-0.2, -0.15) is 0 Å². The quantitative estimate of drug-likeness (QED) is 0.863. The second-order valence-electron chi connectivity index (χ2n) is 3.76. The first-order valence-electron chi connectivity index (χ1n) is 5.02. The van der Waals surface area contributed by atoms with Crippen LogP contribution >= 0.6 is 23.2 Å². The van der Waals surface area contributed by atoms with Crippen LogP contribution in [0, 0.1) is 0 Å². The molecule has 0 aliphatic heterocycles. The molecular weight excluding hydrogens is 276 g/mol. The van der Waals surface area contributed by atoms with Crippen LogP contribution in [0.3, 0.4) is 0 Å². The Morgan fingerprint density at radius 2 is 2.00 bits per heavy atom. The lowest BCUT2D eigenvalue weighted by molar-refractivity contribution is -0.141. The normalized spacial score (nSPS) is 11.9. The van der Waals surface area contributed by atoms with Crippen LogP contribution in [0.15, 0.2) is 18.2 Å². The molecule has 1 rings (SSSR count). The molecule has 0 heterocycles. The molecule has 0 fully saturated rings. The number of carboxylic acid groups (broad SMARTS) is 1. The molecule has 1 aromatic rings. The lowest BCUT2D eigenvalue weighted by atomic mass is 10.0. The Balaban J connectivity index is 2.93. The number of carbonyl (C=O) groups excluding carboxylic acids is 1. The zero-order valence-electron chi connectivity index (χ0n) is 9.56. The molecular formula is C11H10BCl2NO3. The van der Waals surface area contributed by atoms with E-state index in [-0.39, 0.29) is 6.42 Å². The molecule has 1 atom stereocenters. The number of hydrogen-bond donors (Lipinski definition) is 1. The van der Waals surface area contributed by atoms with E-state index in [1.54, 1.807) is 18.2 Å². The van der Waals surface area contributed by atoms with Crippen molar-refractivity contribution in [1.82, 2.24) is 4.90 Å². The molecule has 18 heavy (non-hydrogen) atoms. The minimum Gasteiger partial charge on any atom is -0.480 e. The van der Waals surface area contributed by atoms with E-state index in [1.807, 2.05) is 0 Å². The fourth-order valence-electron chi connectivity index (χ4n) is 1.43. The Bertz CT molecular complexity index is 481. The van der Waals surface area contributed by atoms with Gasteiger partial charge < -0.3 is 10.0 Å². The summed E-state index contributed by atoms with van der Waals surface area (Å²) in [5, 5.41) is 9.79. The third-order valence-electron chi connectivity index (χ3n) is 2.51. The Labute approximate surface area is 116 Å². The largest absolute Gasteiger partial charge is 0.480 e. The zero-order valence-corrected chi connectivity index (χ0v) is 11.1. The first kappa shape index (κ1) is 14.9. The van der Waals surface area contributed by atoms with Crippen molar-refractivity contribution in [2.75, 3.05) is 7.05 Å². The maximum Gasteiger partial charge on any atom is 0.326 e. The van der Waals surface area contributed by atoms with Crippen molar-refractivity contribution in [3.05, 3.63) is 33.8 Å². The first-order chi connectivity index (χ1) is 8.32. The number of likely N-dealkylation sites (N-methyl/N-ethyl adjacent to an activating group) is 1. The predicted octanol–water partition coefficient (Wildman–Crippen LogP) is 2.21. The van der Waals surface area contributed by atoms with E-state index >= 15 is 0 Å². The summed E-state index contributed by atoms with van der Waals surface area (Å²) in [6, 6.07) is 3.75. The van der Waals surface area contributed by atoms with Gasteiger partial charge in [0.2, 0.25) is 7.85 Å². The molecule has 4 nitrogen and oxygen atoms in total. The summed E-state index contributed by atoms with van der Waals surface area (Å²) < 4.78 is 0. The van der Waals surface area contributed by atoms with E-state index in [2.05, 4.69) is 0 Å².